The van der Waals surface area contributed by atoms with Gasteiger partial charge in [0, 0.05) is 12.1 Å². The van der Waals surface area contributed by atoms with Crippen molar-refractivity contribution >= 4 is 11.9 Å². The number of phenols is 1. The molecule has 0 heterocycles. The van der Waals surface area contributed by atoms with E-state index in [1.54, 1.807) is 24.3 Å². The molecule has 0 saturated carbocycles. The molecule has 178 valence electrons. The van der Waals surface area contributed by atoms with Gasteiger partial charge >= 0.3 is 12.1 Å². The van der Waals surface area contributed by atoms with Gasteiger partial charge in [0.2, 0.25) is 5.91 Å². The third-order valence-electron chi connectivity index (χ3n) is 5.06. The number of carbonyl (C=O) groups is 2. The predicted octanol–water partition coefficient (Wildman–Crippen LogP) is 5.03. The van der Waals surface area contributed by atoms with E-state index in [2.05, 4.69) is 5.32 Å². The van der Waals surface area contributed by atoms with Crippen LogP contribution in [0.5, 0.6) is 11.5 Å². The average molecular weight is 473 g/mol. The first-order valence-electron chi connectivity index (χ1n) is 10.3. The molecule has 1 amide bonds. The topological polar surface area (TPSA) is 95.9 Å². The maximum atomic E-state index is 13.0. The molecule has 34 heavy (non-hydrogen) atoms. The van der Waals surface area contributed by atoms with Crippen molar-refractivity contribution in [2.24, 2.45) is 0 Å². The van der Waals surface area contributed by atoms with E-state index in [0.717, 1.165) is 22.8 Å². The van der Waals surface area contributed by atoms with Gasteiger partial charge in [-0.05, 0) is 41.8 Å². The predicted molar refractivity (Wildman–Crippen MR) is 119 cm³/mol. The third kappa shape index (κ3) is 5.86. The highest BCUT2D eigenvalue weighted by atomic mass is 19.4. The van der Waals surface area contributed by atoms with Crippen LogP contribution in [0.4, 0.5) is 13.2 Å². The van der Waals surface area contributed by atoms with Gasteiger partial charge in [-0.3, -0.25) is 4.79 Å². The Morgan fingerprint density at radius 3 is 2.06 bits per heavy atom. The number of alkyl halides is 3. The number of likely N-dealkylation sites (N-methyl/N-ethyl adjacent to an activating group) is 1. The first-order valence-corrected chi connectivity index (χ1v) is 10.3. The normalized spacial score (nSPS) is 11.2. The lowest BCUT2D eigenvalue weighted by Crippen LogP contribution is -2.24. The van der Waals surface area contributed by atoms with E-state index >= 15 is 0 Å². The minimum atomic E-state index is -4.89. The number of aromatic hydroxyl groups is 1. The van der Waals surface area contributed by atoms with Gasteiger partial charge in [0.25, 0.3) is 0 Å². The Kier molecular flexibility index (Phi) is 7.45. The van der Waals surface area contributed by atoms with Crippen LogP contribution < -0.4 is 10.1 Å². The number of carboxylic acid groups (broad SMARTS) is 1. The molecular weight excluding hydrogens is 451 g/mol. The van der Waals surface area contributed by atoms with Crippen molar-refractivity contribution < 1.29 is 37.7 Å². The number of hydrogen-bond acceptors (Lipinski definition) is 4. The summed E-state index contributed by atoms with van der Waals surface area (Å²) in [6.45, 7) is 2.08. The molecule has 0 unspecified atom stereocenters. The van der Waals surface area contributed by atoms with E-state index in [1.165, 1.54) is 0 Å². The van der Waals surface area contributed by atoms with E-state index in [9.17, 15) is 33.0 Å². The number of nitrogens with one attached hydrogen (secondary N) is 1. The number of rotatable bonds is 8. The van der Waals surface area contributed by atoms with Crippen molar-refractivity contribution in [3.8, 4) is 22.6 Å². The molecule has 3 rings (SSSR count). The molecular formula is C25H22F3NO5. The Morgan fingerprint density at radius 2 is 1.53 bits per heavy atom. The molecule has 3 N–H and O–H groups in total. The second kappa shape index (κ2) is 10.3. The molecule has 0 aliphatic heterocycles. The van der Waals surface area contributed by atoms with Crippen LogP contribution in [0.15, 0.2) is 60.7 Å². The molecule has 0 aliphatic rings. The summed E-state index contributed by atoms with van der Waals surface area (Å²) in [6.07, 6.45) is -4.59. The third-order valence-corrected chi connectivity index (χ3v) is 5.06. The quantitative estimate of drug-likeness (QED) is 0.426. The summed E-state index contributed by atoms with van der Waals surface area (Å²) in [5.41, 5.74) is 0.296. The van der Waals surface area contributed by atoms with Crippen LogP contribution in [0.1, 0.15) is 34.0 Å². The first-order chi connectivity index (χ1) is 16.1. The van der Waals surface area contributed by atoms with Gasteiger partial charge in [0.1, 0.15) is 23.7 Å². The molecule has 0 radical (unpaired) electrons. The van der Waals surface area contributed by atoms with Crippen molar-refractivity contribution in [2.45, 2.75) is 26.1 Å². The van der Waals surface area contributed by atoms with Gasteiger partial charge in [-0.25, -0.2) is 4.79 Å². The van der Waals surface area contributed by atoms with Crippen LogP contribution in [0.25, 0.3) is 11.1 Å². The number of carbonyl (C=O) groups excluding carboxylic acids is 1. The number of hydrogen-bond donors (Lipinski definition) is 3. The van der Waals surface area contributed by atoms with E-state index in [4.69, 9.17) is 4.74 Å². The summed E-state index contributed by atoms with van der Waals surface area (Å²) in [6, 6.07) is 15.9. The summed E-state index contributed by atoms with van der Waals surface area (Å²) >= 11 is 0. The number of amides is 1. The molecule has 3 aromatic carbocycles. The van der Waals surface area contributed by atoms with Crippen molar-refractivity contribution in [1.82, 2.24) is 5.32 Å². The minimum absolute atomic E-state index is 0.0517. The van der Waals surface area contributed by atoms with Crippen LogP contribution in [0.2, 0.25) is 0 Å². The van der Waals surface area contributed by atoms with Gasteiger partial charge in [-0.2, -0.15) is 13.2 Å². The SMILES string of the molecule is CCNC(=O)Cc1ccc(-c2ccc(OCc3ccc(C(F)(F)F)c(O)c3C(=O)O)cc2)cc1. The number of carboxylic acids is 1. The number of halogens is 3. The summed E-state index contributed by atoms with van der Waals surface area (Å²) in [5, 5.41) is 21.9. The molecule has 0 aromatic heterocycles. The lowest BCUT2D eigenvalue weighted by Gasteiger charge is -2.15. The van der Waals surface area contributed by atoms with Crippen molar-refractivity contribution in [1.29, 1.82) is 0 Å². The van der Waals surface area contributed by atoms with E-state index in [1.807, 2.05) is 31.2 Å². The van der Waals surface area contributed by atoms with Crippen molar-refractivity contribution in [2.75, 3.05) is 6.54 Å². The maximum Gasteiger partial charge on any atom is 0.419 e. The number of aromatic carboxylic acids is 1. The molecule has 9 heteroatoms. The summed E-state index contributed by atoms with van der Waals surface area (Å²) < 4.78 is 44.4. The Hall–Kier alpha value is -4.01. The second-order valence-corrected chi connectivity index (χ2v) is 7.44. The molecule has 0 bridgehead atoms. The van der Waals surface area contributed by atoms with Gasteiger partial charge in [-0.1, -0.05) is 42.5 Å². The van der Waals surface area contributed by atoms with E-state index in [0.29, 0.717) is 24.8 Å². The Bertz CT molecular complexity index is 1170. The van der Waals surface area contributed by atoms with Gasteiger partial charge in [-0.15, -0.1) is 0 Å². The van der Waals surface area contributed by atoms with E-state index < -0.39 is 29.0 Å². The fraction of sp³-hybridized carbons (Fsp3) is 0.200. The summed E-state index contributed by atoms with van der Waals surface area (Å²) in [4.78, 5) is 23.1. The summed E-state index contributed by atoms with van der Waals surface area (Å²) in [5.74, 6) is -2.71. The largest absolute Gasteiger partial charge is 0.506 e. The lowest BCUT2D eigenvalue weighted by atomic mass is 10.0. The Labute approximate surface area is 193 Å². The van der Waals surface area contributed by atoms with Crippen LogP contribution in [-0.4, -0.2) is 28.6 Å². The number of ether oxygens (including phenoxy) is 1. The summed E-state index contributed by atoms with van der Waals surface area (Å²) in [7, 11) is 0. The Morgan fingerprint density at radius 1 is 0.941 bits per heavy atom. The molecule has 0 atom stereocenters. The minimum Gasteiger partial charge on any atom is -0.506 e. The monoisotopic (exact) mass is 473 g/mol. The Balaban J connectivity index is 1.70. The highest BCUT2D eigenvalue weighted by Crippen LogP contribution is 2.39. The standard InChI is InChI=1S/C25H22F3NO5/c1-2-29-21(30)13-15-3-5-16(6-4-15)17-7-10-19(11-8-17)34-14-18-9-12-20(25(26,27)28)23(31)22(18)24(32)33/h3-12,31H,2,13-14H2,1H3,(H,29,30)(H,32,33). The zero-order valence-electron chi connectivity index (χ0n) is 18.1. The number of benzene rings is 3. The zero-order chi connectivity index (χ0) is 24.9. The molecule has 0 aliphatic carbocycles. The van der Waals surface area contributed by atoms with Gasteiger partial charge in [0.05, 0.1) is 12.0 Å². The highest BCUT2D eigenvalue weighted by Gasteiger charge is 2.36. The second-order valence-electron chi connectivity index (χ2n) is 7.44. The fourth-order valence-electron chi connectivity index (χ4n) is 3.39. The smallest absolute Gasteiger partial charge is 0.419 e. The van der Waals surface area contributed by atoms with E-state index in [-0.39, 0.29) is 18.1 Å². The highest BCUT2D eigenvalue weighted by molar-refractivity contribution is 5.93. The van der Waals surface area contributed by atoms with Crippen molar-refractivity contribution in [3.05, 3.63) is 82.9 Å². The maximum absolute atomic E-state index is 13.0. The molecule has 0 spiro atoms. The van der Waals surface area contributed by atoms with Crippen molar-refractivity contribution in [3.63, 3.8) is 0 Å². The molecule has 6 nitrogen and oxygen atoms in total. The fourth-order valence-corrected chi connectivity index (χ4v) is 3.39. The lowest BCUT2D eigenvalue weighted by molar-refractivity contribution is -0.138. The van der Waals surface area contributed by atoms with Crippen LogP contribution in [0, 0.1) is 0 Å². The first kappa shape index (κ1) is 24.6. The van der Waals surface area contributed by atoms with Crippen LogP contribution >= 0.6 is 0 Å². The van der Waals surface area contributed by atoms with Crippen LogP contribution in [-0.2, 0) is 24.0 Å². The molecule has 3 aromatic rings. The molecule has 0 saturated heterocycles. The van der Waals surface area contributed by atoms with Crippen LogP contribution in [0.3, 0.4) is 0 Å². The zero-order valence-corrected chi connectivity index (χ0v) is 18.1. The average Bonchev–Trinajstić information content (AvgIpc) is 2.77. The van der Waals surface area contributed by atoms with Gasteiger partial charge in [0.15, 0.2) is 0 Å². The molecule has 0 fully saturated rings. The van der Waals surface area contributed by atoms with Gasteiger partial charge < -0.3 is 20.3 Å².